The number of thiophene rings is 1. The van der Waals surface area contributed by atoms with Crippen LogP contribution in [0.25, 0.3) is 32.7 Å². The van der Waals surface area contributed by atoms with E-state index in [2.05, 4.69) is 9.97 Å². The van der Waals surface area contributed by atoms with Crippen LogP contribution in [0.15, 0.2) is 59.7 Å². The maximum Gasteiger partial charge on any atom is 0.323 e. The number of hydrogen-bond acceptors (Lipinski definition) is 5. The Morgan fingerprint density at radius 1 is 1.11 bits per heavy atom. The Morgan fingerprint density at radius 2 is 1.81 bits per heavy atom. The van der Waals surface area contributed by atoms with Crippen LogP contribution >= 0.6 is 11.3 Å². The molecular weight excluding hydrogens is 362 g/mol. The second-order valence-electron chi connectivity index (χ2n) is 6.04. The molecule has 0 saturated heterocycles. The van der Waals surface area contributed by atoms with Gasteiger partial charge in [0.05, 0.1) is 5.39 Å². The Balaban J connectivity index is 2.08. The van der Waals surface area contributed by atoms with E-state index in [4.69, 9.17) is 0 Å². The molecule has 27 heavy (non-hydrogen) atoms. The number of nitrogens with zero attached hydrogens (tertiary/aromatic N) is 3. The maximum atomic E-state index is 13.3. The fourth-order valence-electron chi connectivity index (χ4n) is 3.15. The van der Waals surface area contributed by atoms with E-state index < -0.39 is 12.5 Å². The van der Waals surface area contributed by atoms with Crippen LogP contribution in [0, 0.1) is 6.92 Å². The summed E-state index contributed by atoms with van der Waals surface area (Å²) in [5.41, 5.74) is 2.03. The van der Waals surface area contributed by atoms with Gasteiger partial charge in [-0.3, -0.25) is 19.1 Å². The van der Waals surface area contributed by atoms with Crippen LogP contribution in [0.5, 0.6) is 0 Å². The zero-order chi connectivity index (χ0) is 19.0. The van der Waals surface area contributed by atoms with Gasteiger partial charge in [0.15, 0.2) is 0 Å². The minimum atomic E-state index is -1.10. The fourth-order valence-corrected chi connectivity index (χ4v) is 4.19. The van der Waals surface area contributed by atoms with Crippen molar-refractivity contribution in [3.05, 3.63) is 70.1 Å². The molecule has 0 spiro atoms. The van der Waals surface area contributed by atoms with Crippen LogP contribution in [-0.4, -0.2) is 25.6 Å². The van der Waals surface area contributed by atoms with E-state index in [9.17, 15) is 14.7 Å². The molecule has 0 aliphatic heterocycles. The van der Waals surface area contributed by atoms with Gasteiger partial charge in [-0.25, -0.2) is 4.98 Å². The molecule has 6 nitrogen and oxygen atoms in total. The first-order valence-corrected chi connectivity index (χ1v) is 9.09. The third-order valence-electron chi connectivity index (χ3n) is 4.28. The number of carbonyl (C=O) groups is 1. The topological polar surface area (TPSA) is 85.1 Å². The molecule has 0 fully saturated rings. The van der Waals surface area contributed by atoms with E-state index in [1.165, 1.54) is 15.9 Å². The molecule has 0 amide bonds. The second kappa shape index (κ2) is 6.77. The smallest absolute Gasteiger partial charge is 0.323 e. The fraction of sp³-hybridized carbons (Fsp3) is 0.100. The highest BCUT2D eigenvalue weighted by molar-refractivity contribution is 7.19. The molecule has 3 heterocycles. The van der Waals surface area contributed by atoms with Crippen molar-refractivity contribution in [2.24, 2.45) is 0 Å². The molecule has 0 bridgehead atoms. The Kier molecular flexibility index (Phi) is 4.29. The lowest BCUT2D eigenvalue weighted by Gasteiger charge is -2.11. The van der Waals surface area contributed by atoms with Crippen molar-refractivity contribution in [3.8, 4) is 22.5 Å². The maximum absolute atomic E-state index is 13.3. The van der Waals surface area contributed by atoms with Crippen molar-refractivity contribution in [3.63, 3.8) is 0 Å². The summed E-state index contributed by atoms with van der Waals surface area (Å²) in [6.07, 6.45) is 3.18. The first-order chi connectivity index (χ1) is 13.1. The zero-order valence-electron chi connectivity index (χ0n) is 14.4. The number of aliphatic carboxylic acids is 1. The summed E-state index contributed by atoms with van der Waals surface area (Å²) in [6.45, 7) is 1.49. The van der Waals surface area contributed by atoms with Crippen molar-refractivity contribution >= 4 is 27.5 Å². The van der Waals surface area contributed by atoms with Crippen LogP contribution in [0.2, 0.25) is 0 Å². The number of carboxylic acid groups (broad SMARTS) is 1. The van der Waals surface area contributed by atoms with Gasteiger partial charge >= 0.3 is 5.97 Å². The summed E-state index contributed by atoms with van der Waals surface area (Å²) in [5, 5.41) is 9.79. The highest BCUT2D eigenvalue weighted by Gasteiger charge is 2.21. The van der Waals surface area contributed by atoms with E-state index in [-0.39, 0.29) is 5.56 Å². The van der Waals surface area contributed by atoms with Gasteiger partial charge in [0, 0.05) is 28.4 Å². The molecule has 0 radical (unpaired) electrons. The van der Waals surface area contributed by atoms with Crippen LogP contribution in [0.3, 0.4) is 0 Å². The molecule has 134 valence electrons. The van der Waals surface area contributed by atoms with Gasteiger partial charge in [0.2, 0.25) is 0 Å². The first kappa shape index (κ1) is 17.1. The summed E-state index contributed by atoms with van der Waals surface area (Å²) < 4.78 is 1.22. The quantitative estimate of drug-likeness (QED) is 0.588. The van der Waals surface area contributed by atoms with Crippen molar-refractivity contribution in [1.82, 2.24) is 14.5 Å². The molecule has 1 aromatic carbocycles. The summed E-state index contributed by atoms with van der Waals surface area (Å²) >= 11 is 1.44. The molecular formula is C20H15N3O3S. The summed E-state index contributed by atoms with van der Waals surface area (Å²) in [7, 11) is 0. The second-order valence-corrected chi connectivity index (χ2v) is 7.24. The predicted octanol–water partition coefficient (Wildman–Crippen LogP) is 3.58. The van der Waals surface area contributed by atoms with Crippen molar-refractivity contribution in [2.45, 2.75) is 13.5 Å². The normalized spacial score (nSPS) is 11.0. The number of rotatable bonds is 4. The minimum Gasteiger partial charge on any atom is -0.480 e. The van der Waals surface area contributed by atoms with Gasteiger partial charge in [-0.05, 0) is 24.6 Å². The number of carboxylic acids is 1. The molecule has 4 rings (SSSR count). The molecule has 3 aromatic heterocycles. The molecule has 1 N–H and O–H groups in total. The highest BCUT2D eigenvalue weighted by atomic mass is 32.1. The molecule has 0 unspecified atom stereocenters. The number of aromatic nitrogens is 3. The lowest BCUT2D eigenvalue weighted by atomic mass is 10.0. The number of aryl methyl sites for hydroxylation is 1. The lowest BCUT2D eigenvalue weighted by molar-refractivity contribution is -0.137. The van der Waals surface area contributed by atoms with Gasteiger partial charge < -0.3 is 5.11 Å². The molecule has 0 aliphatic rings. The molecule has 0 aliphatic carbocycles. The molecule has 0 atom stereocenters. The van der Waals surface area contributed by atoms with Gasteiger partial charge in [-0.1, -0.05) is 30.3 Å². The summed E-state index contributed by atoms with van der Waals surface area (Å²) in [5.74, 6) is -0.764. The number of benzene rings is 1. The van der Waals surface area contributed by atoms with Crippen LogP contribution in [-0.2, 0) is 11.3 Å². The lowest BCUT2D eigenvalue weighted by Crippen LogP contribution is -2.26. The van der Waals surface area contributed by atoms with Gasteiger partial charge in [-0.2, -0.15) is 0 Å². The van der Waals surface area contributed by atoms with E-state index >= 15 is 0 Å². The average molecular weight is 377 g/mol. The molecule has 7 heteroatoms. The minimum absolute atomic E-state index is 0.332. The zero-order valence-corrected chi connectivity index (χ0v) is 15.2. The van der Waals surface area contributed by atoms with E-state index in [1.807, 2.05) is 37.3 Å². The Morgan fingerprint density at radius 3 is 2.48 bits per heavy atom. The third-order valence-corrected chi connectivity index (χ3v) is 5.28. The highest BCUT2D eigenvalue weighted by Crippen LogP contribution is 2.36. The Hall–Kier alpha value is -3.32. The van der Waals surface area contributed by atoms with E-state index in [1.54, 1.807) is 24.5 Å². The van der Waals surface area contributed by atoms with E-state index in [0.29, 0.717) is 21.6 Å². The van der Waals surface area contributed by atoms with Crippen molar-refractivity contribution in [2.75, 3.05) is 0 Å². The monoisotopic (exact) mass is 377 g/mol. The van der Waals surface area contributed by atoms with Crippen LogP contribution in [0.4, 0.5) is 0 Å². The van der Waals surface area contributed by atoms with Gasteiger partial charge in [-0.15, -0.1) is 11.3 Å². The summed E-state index contributed by atoms with van der Waals surface area (Å²) in [4.78, 5) is 34.9. The van der Waals surface area contributed by atoms with Crippen molar-refractivity contribution < 1.29 is 9.90 Å². The van der Waals surface area contributed by atoms with Gasteiger partial charge in [0.1, 0.15) is 17.2 Å². The average Bonchev–Trinajstić information content (AvgIpc) is 3.01. The summed E-state index contributed by atoms with van der Waals surface area (Å²) in [6, 6.07) is 13.0. The van der Waals surface area contributed by atoms with Crippen LogP contribution in [0.1, 0.15) is 4.88 Å². The Bertz CT molecular complexity index is 1200. The standard InChI is InChI=1S/C20H15N3O3S/c1-12-16(13-5-3-2-4-6-13)17-19(27-12)22-18(14-7-9-21-10-8-14)23(20(17)26)11-15(24)25/h2-10H,11H2,1H3,(H,24,25). The van der Waals surface area contributed by atoms with E-state index in [0.717, 1.165) is 16.0 Å². The molecule has 0 saturated carbocycles. The number of hydrogen-bond donors (Lipinski definition) is 1. The first-order valence-electron chi connectivity index (χ1n) is 8.28. The molecule has 4 aromatic rings. The number of fused-ring (bicyclic) bond motifs is 1. The third kappa shape index (κ3) is 3.02. The SMILES string of the molecule is Cc1sc2nc(-c3ccncc3)n(CC(=O)O)c(=O)c2c1-c1ccccc1. The number of pyridine rings is 1. The predicted molar refractivity (Wildman–Crippen MR) is 105 cm³/mol. The van der Waals surface area contributed by atoms with Gasteiger partial charge in [0.25, 0.3) is 5.56 Å². The largest absolute Gasteiger partial charge is 0.480 e. The van der Waals surface area contributed by atoms with Crippen LogP contribution < -0.4 is 5.56 Å². The Labute approximate surface area is 158 Å². The van der Waals surface area contributed by atoms with Crippen molar-refractivity contribution in [1.29, 1.82) is 0 Å².